The van der Waals surface area contributed by atoms with E-state index in [1.807, 2.05) is 6.07 Å². The lowest BCUT2D eigenvalue weighted by Crippen LogP contribution is -1.94. The summed E-state index contributed by atoms with van der Waals surface area (Å²) in [5, 5.41) is 9.42. The minimum Gasteiger partial charge on any atom is -0.493 e. The molecule has 0 aromatic heterocycles. The molecule has 2 N–H and O–H groups in total. The summed E-state index contributed by atoms with van der Waals surface area (Å²) in [6.07, 6.45) is 0. The van der Waals surface area contributed by atoms with Crippen LogP contribution in [-0.4, -0.2) is 7.11 Å². The van der Waals surface area contributed by atoms with Gasteiger partial charge in [0.15, 0.2) is 11.5 Å². The van der Waals surface area contributed by atoms with Gasteiger partial charge in [0.1, 0.15) is 17.4 Å². The van der Waals surface area contributed by atoms with Crippen molar-refractivity contribution in [3.63, 3.8) is 0 Å². The highest BCUT2D eigenvalue weighted by Crippen LogP contribution is 2.35. The Balaban J connectivity index is 2.42. The largest absolute Gasteiger partial charge is 0.493 e. The van der Waals surface area contributed by atoms with Crippen LogP contribution in [0.25, 0.3) is 0 Å². The molecule has 0 fully saturated rings. The summed E-state index contributed by atoms with van der Waals surface area (Å²) in [6, 6.07) is 12.0. The van der Waals surface area contributed by atoms with Crippen LogP contribution in [0.5, 0.6) is 17.2 Å². The molecule has 0 aliphatic heterocycles. The van der Waals surface area contributed by atoms with Crippen LogP contribution in [0.3, 0.4) is 0 Å². The fourth-order valence-electron chi connectivity index (χ4n) is 1.58. The van der Waals surface area contributed by atoms with Crippen molar-refractivity contribution >= 4 is 17.3 Å². The third-order valence-electron chi connectivity index (χ3n) is 2.49. The number of nitrogens with two attached hydrogens (primary N) is 1. The van der Waals surface area contributed by atoms with Crippen LogP contribution < -0.4 is 15.2 Å². The lowest BCUT2D eigenvalue weighted by atomic mass is 10.2. The maximum Gasteiger partial charge on any atom is 0.169 e. The predicted molar refractivity (Wildman–Crippen MR) is 73.6 cm³/mol. The Labute approximate surface area is 115 Å². The van der Waals surface area contributed by atoms with Crippen LogP contribution in [0, 0.1) is 11.3 Å². The van der Waals surface area contributed by atoms with Crippen LogP contribution >= 0.6 is 11.6 Å². The Kier molecular flexibility index (Phi) is 3.79. The van der Waals surface area contributed by atoms with E-state index >= 15 is 0 Å². The lowest BCUT2D eigenvalue weighted by molar-refractivity contribution is 0.379. The number of nitrogens with zero attached hydrogens (tertiary/aromatic N) is 1. The monoisotopic (exact) mass is 274 g/mol. The standard InChI is InChI=1S/C14H11ClN2O2/c1-18-14-7-9(17)5-6-13(14)19-12-4-2-3-11(15)10(12)8-16/h2-7H,17H2,1H3. The number of benzene rings is 2. The van der Waals surface area contributed by atoms with Gasteiger partial charge in [-0.05, 0) is 24.3 Å². The lowest BCUT2D eigenvalue weighted by Gasteiger charge is -2.12. The van der Waals surface area contributed by atoms with Crippen molar-refractivity contribution in [1.29, 1.82) is 5.26 Å². The molecular weight excluding hydrogens is 264 g/mol. The van der Waals surface area contributed by atoms with E-state index in [2.05, 4.69) is 0 Å². The molecule has 4 nitrogen and oxygen atoms in total. The maximum atomic E-state index is 9.08. The van der Waals surface area contributed by atoms with Crippen LogP contribution in [0.2, 0.25) is 5.02 Å². The topological polar surface area (TPSA) is 68.3 Å². The van der Waals surface area contributed by atoms with Crippen molar-refractivity contribution < 1.29 is 9.47 Å². The van der Waals surface area contributed by atoms with Crippen molar-refractivity contribution in [3.05, 3.63) is 47.0 Å². The van der Waals surface area contributed by atoms with Gasteiger partial charge in [-0.3, -0.25) is 0 Å². The second-order valence-corrected chi connectivity index (χ2v) is 4.14. The van der Waals surface area contributed by atoms with Gasteiger partial charge in [0.05, 0.1) is 12.1 Å². The summed E-state index contributed by atoms with van der Waals surface area (Å²) in [5.74, 6) is 1.33. The van der Waals surface area contributed by atoms with Crippen molar-refractivity contribution in [2.45, 2.75) is 0 Å². The molecule has 0 aliphatic carbocycles. The zero-order valence-corrected chi connectivity index (χ0v) is 10.9. The van der Waals surface area contributed by atoms with E-state index in [0.29, 0.717) is 28.0 Å². The highest BCUT2D eigenvalue weighted by Gasteiger charge is 2.11. The summed E-state index contributed by atoms with van der Waals surface area (Å²) < 4.78 is 10.9. The van der Waals surface area contributed by atoms with Crippen molar-refractivity contribution in [3.8, 4) is 23.3 Å². The Morgan fingerprint density at radius 1 is 1.16 bits per heavy atom. The fraction of sp³-hybridized carbons (Fsp3) is 0.0714. The van der Waals surface area contributed by atoms with E-state index < -0.39 is 0 Å². The third kappa shape index (κ3) is 2.72. The normalized spacial score (nSPS) is 9.74. The van der Waals surface area contributed by atoms with E-state index in [4.69, 9.17) is 32.1 Å². The SMILES string of the molecule is COc1cc(N)ccc1Oc1cccc(Cl)c1C#N. The molecule has 0 saturated heterocycles. The molecule has 0 atom stereocenters. The molecule has 0 saturated carbocycles. The van der Waals surface area contributed by atoms with Crippen molar-refractivity contribution in [1.82, 2.24) is 0 Å². The summed E-state index contributed by atoms with van der Waals surface area (Å²) >= 11 is 5.94. The molecule has 0 aliphatic rings. The van der Waals surface area contributed by atoms with Gasteiger partial charge in [-0.25, -0.2) is 0 Å². The van der Waals surface area contributed by atoms with Gasteiger partial charge in [-0.1, -0.05) is 17.7 Å². The van der Waals surface area contributed by atoms with E-state index in [0.717, 1.165) is 0 Å². The summed E-state index contributed by atoms with van der Waals surface area (Å²) in [4.78, 5) is 0. The van der Waals surface area contributed by atoms with E-state index in [1.165, 1.54) is 7.11 Å². The molecule has 2 aromatic carbocycles. The number of hydrogen-bond donors (Lipinski definition) is 1. The average molecular weight is 275 g/mol. The van der Waals surface area contributed by atoms with Gasteiger partial charge in [0, 0.05) is 11.8 Å². The molecule has 5 heteroatoms. The predicted octanol–water partition coefficient (Wildman–Crippen LogP) is 3.59. The Morgan fingerprint density at radius 2 is 1.95 bits per heavy atom. The Bertz CT molecular complexity index is 650. The van der Waals surface area contributed by atoms with Crippen LogP contribution in [0.1, 0.15) is 5.56 Å². The molecule has 2 aromatic rings. The van der Waals surface area contributed by atoms with Crippen molar-refractivity contribution in [2.75, 3.05) is 12.8 Å². The number of halogens is 1. The number of hydrogen-bond acceptors (Lipinski definition) is 4. The first-order chi connectivity index (χ1) is 9.15. The fourth-order valence-corrected chi connectivity index (χ4v) is 1.79. The molecule has 96 valence electrons. The van der Waals surface area contributed by atoms with Gasteiger partial charge in [0.25, 0.3) is 0 Å². The average Bonchev–Trinajstić information content (AvgIpc) is 2.41. The van der Waals surface area contributed by atoms with Gasteiger partial charge >= 0.3 is 0 Å². The number of methoxy groups -OCH3 is 1. The van der Waals surface area contributed by atoms with Gasteiger partial charge < -0.3 is 15.2 Å². The number of ether oxygens (including phenoxy) is 2. The maximum absolute atomic E-state index is 9.08. The third-order valence-corrected chi connectivity index (χ3v) is 2.81. The highest BCUT2D eigenvalue weighted by atomic mass is 35.5. The molecule has 19 heavy (non-hydrogen) atoms. The number of rotatable bonds is 3. The zero-order chi connectivity index (χ0) is 13.8. The molecule has 0 spiro atoms. The molecule has 0 unspecified atom stereocenters. The smallest absolute Gasteiger partial charge is 0.169 e. The molecule has 0 heterocycles. The molecular formula is C14H11ClN2O2. The van der Waals surface area contributed by atoms with Crippen LogP contribution in [0.15, 0.2) is 36.4 Å². The van der Waals surface area contributed by atoms with Gasteiger partial charge in [-0.2, -0.15) is 5.26 Å². The minimum absolute atomic E-state index is 0.281. The van der Waals surface area contributed by atoms with E-state index in [1.54, 1.807) is 36.4 Å². The van der Waals surface area contributed by atoms with Crippen LogP contribution in [-0.2, 0) is 0 Å². The first-order valence-corrected chi connectivity index (χ1v) is 5.83. The van der Waals surface area contributed by atoms with Gasteiger partial charge in [0.2, 0.25) is 0 Å². The first kappa shape index (κ1) is 13.1. The number of nitriles is 1. The minimum atomic E-state index is 0.281. The molecule has 0 amide bonds. The quantitative estimate of drug-likeness (QED) is 0.869. The summed E-state index contributed by atoms with van der Waals surface area (Å²) in [6.45, 7) is 0. The Hall–Kier alpha value is -2.38. The van der Waals surface area contributed by atoms with Crippen LogP contribution in [0.4, 0.5) is 5.69 Å². The summed E-state index contributed by atoms with van der Waals surface area (Å²) in [5.41, 5.74) is 6.51. The Morgan fingerprint density at radius 3 is 2.63 bits per heavy atom. The molecule has 0 bridgehead atoms. The second kappa shape index (κ2) is 5.51. The van der Waals surface area contributed by atoms with E-state index in [-0.39, 0.29) is 5.56 Å². The summed E-state index contributed by atoms with van der Waals surface area (Å²) in [7, 11) is 1.52. The molecule has 0 radical (unpaired) electrons. The molecule has 2 rings (SSSR count). The second-order valence-electron chi connectivity index (χ2n) is 3.74. The number of anilines is 1. The number of nitrogen functional groups attached to an aromatic ring is 1. The van der Waals surface area contributed by atoms with Crippen molar-refractivity contribution in [2.24, 2.45) is 0 Å². The first-order valence-electron chi connectivity index (χ1n) is 5.45. The highest BCUT2D eigenvalue weighted by molar-refractivity contribution is 6.31. The van der Waals surface area contributed by atoms with E-state index in [9.17, 15) is 0 Å². The zero-order valence-electron chi connectivity index (χ0n) is 10.2. The van der Waals surface area contributed by atoms with Gasteiger partial charge in [-0.15, -0.1) is 0 Å².